The number of aromatic nitrogens is 2. The molecule has 6 nitrogen and oxygen atoms in total. The molecule has 1 aromatic heterocycles. The van der Waals surface area contributed by atoms with Gasteiger partial charge in [-0.15, -0.1) is 10.2 Å². The summed E-state index contributed by atoms with van der Waals surface area (Å²) in [7, 11) is 0. The van der Waals surface area contributed by atoms with E-state index in [1.54, 1.807) is 18.2 Å². The van der Waals surface area contributed by atoms with Gasteiger partial charge in [-0.05, 0) is 19.1 Å². The second-order valence-corrected chi connectivity index (χ2v) is 3.94. The molecule has 104 valence electrons. The third kappa shape index (κ3) is 3.26. The largest absolute Gasteiger partial charge is 0.490 e. The lowest BCUT2D eigenvalue weighted by Crippen LogP contribution is -2.00. The predicted molar refractivity (Wildman–Crippen MR) is 70.3 cm³/mol. The third-order valence-corrected chi connectivity index (χ3v) is 2.53. The lowest BCUT2D eigenvalue weighted by Gasteiger charge is -2.10. The van der Waals surface area contributed by atoms with Crippen molar-refractivity contribution in [3.05, 3.63) is 35.5 Å². The molecule has 0 aliphatic carbocycles. The van der Waals surface area contributed by atoms with Crippen molar-refractivity contribution in [2.75, 3.05) is 6.61 Å². The zero-order chi connectivity index (χ0) is 14.4. The van der Waals surface area contributed by atoms with Gasteiger partial charge in [0.05, 0.1) is 18.2 Å². The summed E-state index contributed by atoms with van der Waals surface area (Å²) in [6.45, 7) is 4.46. The fourth-order valence-corrected chi connectivity index (χ4v) is 1.59. The highest BCUT2D eigenvalue weighted by molar-refractivity contribution is 5.46. The van der Waals surface area contributed by atoms with E-state index >= 15 is 0 Å². The van der Waals surface area contributed by atoms with Crippen LogP contribution in [0.15, 0.2) is 22.6 Å². The Bertz CT molecular complexity index is 616. The average molecular weight is 273 g/mol. The SMILES string of the molecule is CCOc1cc(C#N)ccc1OCc1nnc(CC)o1. The minimum atomic E-state index is 0.166. The van der Waals surface area contributed by atoms with Crippen LogP contribution < -0.4 is 9.47 Å². The topological polar surface area (TPSA) is 81.2 Å². The van der Waals surface area contributed by atoms with Crippen LogP contribution in [0.25, 0.3) is 0 Å². The number of aryl methyl sites for hydroxylation is 1. The lowest BCUT2D eigenvalue weighted by atomic mass is 10.2. The fourth-order valence-electron chi connectivity index (χ4n) is 1.59. The average Bonchev–Trinajstić information content (AvgIpc) is 2.94. The molecule has 0 spiro atoms. The van der Waals surface area contributed by atoms with Gasteiger partial charge in [-0.2, -0.15) is 5.26 Å². The number of rotatable bonds is 6. The van der Waals surface area contributed by atoms with Gasteiger partial charge in [0.1, 0.15) is 0 Å². The van der Waals surface area contributed by atoms with Crippen LogP contribution in [-0.4, -0.2) is 16.8 Å². The first kappa shape index (κ1) is 13.9. The molecule has 2 rings (SSSR count). The first-order chi connectivity index (χ1) is 9.76. The summed E-state index contributed by atoms with van der Waals surface area (Å²) in [6.07, 6.45) is 0.689. The van der Waals surface area contributed by atoms with E-state index < -0.39 is 0 Å². The highest BCUT2D eigenvalue weighted by atomic mass is 16.5. The van der Waals surface area contributed by atoms with Crippen molar-refractivity contribution in [2.24, 2.45) is 0 Å². The van der Waals surface area contributed by atoms with Gasteiger partial charge in [-0.1, -0.05) is 6.92 Å². The number of nitriles is 1. The zero-order valence-electron chi connectivity index (χ0n) is 11.4. The number of hydrogen-bond acceptors (Lipinski definition) is 6. The predicted octanol–water partition coefficient (Wildman–Crippen LogP) is 2.48. The van der Waals surface area contributed by atoms with Crippen LogP contribution in [0.3, 0.4) is 0 Å². The van der Waals surface area contributed by atoms with E-state index in [4.69, 9.17) is 19.2 Å². The maximum absolute atomic E-state index is 8.88. The van der Waals surface area contributed by atoms with E-state index in [0.717, 1.165) is 0 Å². The molecule has 0 radical (unpaired) electrons. The van der Waals surface area contributed by atoms with E-state index in [2.05, 4.69) is 16.3 Å². The van der Waals surface area contributed by atoms with Crippen molar-refractivity contribution >= 4 is 0 Å². The molecular formula is C14H15N3O3. The second-order valence-electron chi connectivity index (χ2n) is 3.94. The second kappa shape index (κ2) is 6.57. The van der Waals surface area contributed by atoms with Crippen LogP contribution in [0.5, 0.6) is 11.5 Å². The molecule has 0 N–H and O–H groups in total. The molecule has 1 aromatic carbocycles. The Labute approximate surface area is 116 Å². The van der Waals surface area contributed by atoms with Crippen molar-refractivity contribution < 1.29 is 13.9 Å². The molecule has 0 saturated heterocycles. The molecule has 1 heterocycles. The number of hydrogen-bond donors (Lipinski definition) is 0. The fraction of sp³-hybridized carbons (Fsp3) is 0.357. The molecule has 0 bridgehead atoms. The van der Waals surface area contributed by atoms with Gasteiger partial charge in [-0.25, -0.2) is 0 Å². The molecule has 6 heteroatoms. The van der Waals surface area contributed by atoms with Crippen molar-refractivity contribution in [1.29, 1.82) is 5.26 Å². The van der Waals surface area contributed by atoms with E-state index in [-0.39, 0.29) is 6.61 Å². The van der Waals surface area contributed by atoms with Crippen LogP contribution in [0.1, 0.15) is 31.2 Å². The molecule has 2 aromatic rings. The number of benzene rings is 1. The van der Waals surface area contributed by atoms with E-state index in [1.807, 2.05) is 13.8 Å². The van der Waals surface area contributed by atoms with Gasteiger partial charge in [0.25, 0.3) is 5.89 Å². The Morgan fingerprint density at radius 2 is 1.95 bits per heavy atom. The summed E-state index contributed by atoms with van der Waals surface area (Å²) < 4.78 is 16.4. The molecule has 0 amide bonds. The van der Waals surface area contributed by atoms with Gasteiger partial charge in [0.2, 0.25) is 5.89 Å². The van der Waals surface area contributed by atoms with Crippen molar-refractivity contribution in [3.63, 3.8) is 0 Å². The number of ether oxygens (including phenoxy) is 2. The summed E-state index contributed by atoms with van der Waals surface area (Å²) in [6, 6.07) is 7.07. The Kier molecular flexibility index (Phi) is 4.56. The van der Waals surface area contributed by atoms with Crippen LogP contribution in [0.2, 0.25) is 0 Å². The summed E-state index contributed by atoms with van der Waals surface area (Å²) >= 11 is 0. The number of nitrogens with zero attached hydrogens (tertiary/aromatic N) is 3. The standard InChI is InChI=1S/C14H15N3O3/c1-3-13-16-17-14(20-13)9-19-11-6-5-10(8-15)7-12(11)18-4-2/h5-7H,3-4,9H2,1-2H3. The van der Waals surface area contributed by atoms with Crippen LogP contribution >= 0.6 is 0 Å². The summed E-state index contributed by atoms with van der Waals surface area (Å²) in [5, 5.41) is 16.6. The van der Waals surface area contributed by atoms with Gasteiger partial charge in [0, 0.05) is 12.5 Å². The van der Waals surface area contributed by atoms with Crippen LogP contribution in [0, 0.1) is 11.3 Å². The van der Waals surface area contributed by atoms with Gasteiger partial charge >= 0.3 is 0 Å². The van der Waals surface area contributed by atoms with Crippen molar-refractivity contribution in [1.82, 2.24) is 10.2 Å². The Morgan fingerprint density at radius 1 is 1.15 bits per heavy atom. The summed E-state index contributed by atoms with van der Waals surface area (Å²) in [5.74, 6) is 2.06. The molecule has 0 saturated carbocycles. The summed E-state index contributed by atoms with van der Waals surface area (Å²) in [5.41, 5.74) is 0.520. The molecule has 0 aliphatic heterocycles. The van der Waals surface area contributed by atoms with Crippen LogP contribution in [-0.2, 0) is 13.0 Å². The molecule has 20 heavy (non-hydrogen) atoms. The highest BCUT2D eigenvalue weighted by Gasteiger charge is 2.09. The molecule has 0 unspecified atom stereocenters. The first-order valence-electron chi connectivity index (χ1n) is 6.37. The van der Waals surface area contributed by atoms with Gasteiger partial charge in [-0.3, -0.25) is 0 Å². The smallest absolute Gasteiger partial charge is 0.253 e. The van der Waals surface area contributed by atoms with Gasteiger partial charge in [0.15, 0.2) is 18.1 Å². The minimum Gasteiger partial charge on any atom is -0.490 e. The van der Waals surface area contributed by atoms with Gasteiger partial charge < -0.3 is 13.9 Å². The van der Waals surface area contributed by atoms with Crippen LogP contribution in [0.4, 0.5) is 0 Å². The Hall–Kier alpha value is -2.55. The van der Waals surface area contributed by atoms with E-state index in [1.165, 1.54) is 0 Å². The van der Waals surface area contributed by atoms with Crippen molar-refractivity contribution in [3.8, 4) is 17.6 Å². The first-order valence-corrected chi connectivity index (χ1v) is 6.37. The maximum atomic E-state index is 8.88. The monoisotopic (exact) mass is 273 g/mol. The van der Waals surface area contributed by atoms with E-state index in [9.17, 15) is 0 Å². The normalized spacial score (nSPS) is 10.1. The highest BCUT2D eigenvalue weighted by Crippen LogP contribution is 2.28. The minimum absolute atomic E-state index is 0.166. The molecule has 0 atom stereocenters. The Balaban J connectivity index is 2.10. The maximum Gasteiger partial charge on any atom is 0.253 e. The van der Waals surface area contributed by atoms with E-state index in [0.29, 0.717) is 41.9 Å². The lowest BCUT2D eigenvalue weighted by molar-refractivity contribution is 0.239. The molecule has 0 fully saturated rings. The quantitative estimate of drug-likeness (QED) is 0.804. The Morgan fingerprint density at radius 3 is 2.60 bits per heavy atom. The van der Waals surface area contributed by atoms with Crippen molar-refractivity contribution in [2.45, 2.75) is 26.9 Å². The molecular weight excluding hydrogens is 258 g/mol. The third-order valence-electron chi connectivity index (χ3n) is 2.53. The summed E-state index contributed by atoms with van der Waals surface area (Å²) in [4.78, 5) is 0. The molecule has 0 aliphatic rings. The zero-order valence-corrected chi connectivity index (χ0v) is 11.4.